The molecule has 0 radical (unpaired) electrons. The summed E-state index contributed by atoms with van der Waals surface area (Å²) in [4.78, 5) is 37.8. The highest BCUT2D eigenvalue weighted by Gasteiger charge is 2.25. The molecule has 1 saturated heterocycles. The van der Waals surface area contributed by atoms with Gasteiger partial charge in [0.15, 0.2) is 6.17 Å². The number of piperidine rings is 1. The quantitative estimate of drug-likeness (QED) is 0.274. The zero-order valence-electron chi connectivity index (χ0n) is 24.7. The van der Waals surface area contributed by atoms with Gasteiger partial charge in [-0.1, -0.05) is 54.6 Å². The average molecular weight is 586 g/mol. The molecule has 0 spiro atoms. The van der Waals surface area contributed by atoms with Crippen LogP contribution in [0.4, 0.5) is 5.69 Å². The molecule has 1 atom stereocenters. The maximum Gasteiger partial charge on any atom is 0.338 e. The number of aromatic amines is 1. The van der Waals surface area contributed by atoms with Crippen LogP contribution in [0.1, 0.15) is 53.5 Å². The number of carbonyl (C=O) groups excluding carboxylic acids is 1. The fourth-order valence-corrected chi connectivity index (χ4v) is 6.41. The number of nitrogens with zero attached hydrogens (tertiary/aromatic N) is 4. The number of esters is 1. The first-order valence-electron chi connectivity index (χ1n) is 15.3. The van der Waals surface area contributed by atoms with E-state index < -0.39 is 0 Å². The summed E-state index contributed by atoms with van der Waals surface area (Å²) in [5, 5.41) is 1.72. The van der Waals surface area contributed by atoms with Crippen LogP contribution in [-0.4, -0.2) is 40.1 Å². The van der Waals surface area contributed by atoms with Crippen molar-refractivity contribution in [3.8, 4) is 0 Å². The molecule has 3 heterocycles. The predicted octanol–water partition coefficient (Wildman–Crippen LogP) is 4.92. The second kappa shape index (κ2) is 12.0. The van der Waals surface area contributed by atoms with Crippen LogP contribution in [-0.2, 0) is 11.3 Å². The van der Waals surface area contributed by atoms with E-state index >= 15 is 0 Å². The number of anilines is 1. The van der Waals surface area contributed by atoms with Crippen LogP contribution in [0.25, 0.3) is 17.2 Å². The first-order valence-corrected chi connectivity index (χ1v) is 15.3. The Morgan fingerprint density at radius 3 is 2.45 bits per heavy atom. The molecule has 8 heteroatoms. The minimum Gasteiger partial charge on any atom is -0.462 e. The number of nitrogens with one attached hydrogen (secondary N) is 1. The van der Waals surface area contributed by atoms with E-state index in [4.69, 9.17) is 9.73 Å². The lowest BCUT2D eigenvalue weighted by Gasteiger charge is -2.33. The summed E-state index contributed by atoms with van der Waals surface area (Å²) in [6.07, 6.45) is 3.73. The Hall–Kier alpha value is -4.95. The van der Waals surface area contributed by atoms with Gasteiger partial charge in [0.05, 0.1) is 28.6 Å². The topological polar surface area (TPSA) is 82.9 Å². The molecule has 0 saturated carbocycles. The number of carbonyl (C=O) groups is 1. The van der Waals surface area contributed by atoms with E-state index in [9.17, 15) is 9.59 Å². The van der Waals surface area contributed by atoms with Crippen LogP contribution in [0.5, 0.6) is 0 Å². The van der Waals surface area contributed by atoms with Crippen molar-refractivity contribution in [2.75, 3.05) is 24.6 Å². The number of para-hydroxylation sites is 2. The molecule has 44 heavy (non-hydrogen) atoms. The van der Waals surface area contributed by atoms with Crippen molar-refractivity contribution in [3.05, 3.63) is 135 Å². The van der Waals surface area contributed by atoms with E-state index in [0.29, 0.717) is 12.2 Å². The number of fused-ring (bicyclic) bond motifs is 2. The number of likely N-dealkylation sites (tertiary alicyclic amines) is 1. The number of imidazole rings is 1. The molecule has 2 aliphatic rings. The van der Waals surface area contributed by atoms with Gasteiger partial charge in [0.25, 0.3) is 0 Å². The summed E-state index contributed by atoms with van der Waals surface area (Å²) < 4.78 is 7.17. The van der Waals surface area contributed by atoms with Crippen molar-refractivity contribution >= 4 is 28.9 Å². The number of H-pyrrole nitrogens is 1. The minimum atomic E-state index is -0.331. The molecular weight excluding hydrogens is 550 g/mol. The molecule has 2 aliphatic heterocycles. The third-order valence-electron chi connectivity index (χ3n) is 8.63. The Bertz CT molecular complexity index is 1970. The van der Waals surface area contributed by atoms with E-state index in [1.807, 2.05) is 66.1 Å². The van der Waals surface area contributed by atoms with Gasteiger partial charge in [-0.15, -0.1) is 0 Å². The number of hydrogen-bond donors (Lipinski definition) is 1. The van der Waals surface area contributed by atoms with Gasteiger partial charge in [-0.2, -0.15) is 0 Å². The van der Waals surface area contributed by atoms with Gasteiger partial charge < -0.3 is 14.6 Å². The molecule has 0 amide bonds. The molecule has 1 unspecified atom stereocenters. The second-order valence-corrected chi connectivity index (χ2v) is 11.4. The zero-order chi connectivity index (χ0) is 30.0. The molecule has 4 aromatic carbocycles. The van der Waals surface area contributed by atoms with Crippen molar-refractivity contribution in [1.82, 2.24) is 14.5 Å². The molecule has 7 rings (SSSR count). The Labute approximate surface area is 255 Å². The number of aromatic nitrogens is 2. The Kier molecular flexibility index (Phi) is 7.58. The van der Waals surface area contributed by atoms with E-state index in [0.717, 1.165) is 65.3 Å². The monoisotopic (exact) mass is 585 g/mol. The smallest absolute Gasteiger partial charge is 0.338 e. The largest absolute Gasteiger partial charge is 0.462 e. The number of rotatable bonds is 7. The third kappa shape index (κ3) is 5.44. The fourth-order valence-electron chi connectivity index (χ4n) is 6.41. The first-order chi connectivity index (χ1) is 21.6. The number of ether oxygens (including phenoxy) is 1. The highest BCUT2D eigenvalue weighted by Crippen LogP contribution is 2.31. The predicted molar refractivity (Wildman–Crippen MR) is 172 cm³/mol. The lowest BCUT2D eigenvalue weighted by Crippen LogP contribution is -2.38. The normalized spacial score (nSPS) is 17.1. The maximum absolute atomic E-state index is 12.7. The van der Waals surface area contributed by atoms with Crippen molar-refractivity contribution in [3.63, 3.8) is 0 Å². The van der Waals surface area contributed by atoms with Crippen LogP contribution in [0.3, 0.4) is 0 Å². The molecular formula is C36H35N5O3. The summed E-state index contributed by atoms with van der Waals surface area (Å²) in [7, 11) is 0. The maximum atomic E-state index is 12.7. The van der Waals surface area contributed by atoms with Gasteiger partial charge in [0.1, 0.15) is 0 Å². The van der Waals surface area contributed by atoms with Gasteiger partial charge in [0.2, 0.25) is 0 Å². The fraction of sp³-hybridized carbons (Fsp3) is 0.250. The van der Waals surface area contributed by atoms with Crippen LogP contribution in [0.2, 0.25) is 0 Å². The molecule has 8 nitrogen and oxygen atoms in total. The van der Waals surface area contributed by atoms with E-state index in [1.165, 1.54) is 5.56 Å². The van der Waals surface area contributed by atoms with Crippen LogP contribution < -0.4 is 21.2 Å². The molecule has 5 aromatic rings. The summed E-state index contributed by atoms with van der Waals surface area (Å²) in [6.45, 7) is 4.88. The zero-order valence-corrected chi connectivity index (χ0v) is 24.7. The first kappa shape index (κ1) is 27.9. The lowest BCUT2D eigenvalue weighted by molar-refractivity contribution is 0.0526. The summed E-state index contributed by atoms with van der Waals surface area (Å²) in [5.41, 5.74) is 5.74. The van der Waals surface area contributed by atoms with Gasteiger partial charge in [-0.25, -0.2) is 9.59 Å². The Balaban J connectivity index is 1.09. The second-order valence-electron chi connectivity index (χ2n) is 11.4. The lowest BCUT2D eigenvalue weighted by atomic mass is 10.0. The molecule has 0 aliphatic carbocycles. The van der Waals surface area contributed by atoms with Crippen LogP contribution >= 0.6 is 0 Å². The molecule has 0 bridgehead atoms. The highest BCUT2D eigenvalue weighted by molar-refractivity contribution is 5.89. The van der Waals surface area contributed by atoms with Crippen molar-refractivity contribution < 1.29 is 9.53 Å². The third-order valence-corrected chi connectivity index (χ3v) is 8.63. The van der Waals surface area contributed by atoms with Gasteiger partial charge in [0, 0.05) is 42.8 Å². The molecule has 222 valence electrons. The van der Waals surface area contributed by atoms with Crippen molar-refractivity contribution in [1.29, 1.82) is 0 Å². The van der Waals surface area contributed by atoms with Gasteiger partial charge in [-0.05, 0) is 73.4 Å². The summed E-state index contributed by atoms with van der Waals surface area (Å²) in [6, 6.07) is 32.6. The highest BCUT2D eigenvalue weighted by atomic mass is 16.5. The van der Waals surface area contributed by atoms with E-state index in [1.54, 1.807) is 6.07 Å². The minimum absolute atomic E-state index is 0.0185. The van der Waals surface area contributed by atoms with Gasteiger partial charge >= 0.3 is 11.7 Å². The van der Waals surface area contributed by atoms with Crippen LogP contribution in [0.15, 0.2) is 107 Å². The standard InChI is InChI=1S/C36H35N5O3/c1-2-44-35(42)27-14-17-31-28(22-27)24-40(34(37-31)26-8-4-3-5-9-26)29-15-12-25(13-16-29)23-39-20-18-30(19-21-39)41-33-11-7-6-10-32(33)38-36(41)43/h3-17,22,24,30,34H,2,18-21,23H2,1H3,(H,38,43). The Morgan fingerprint density at radius 2 is 1.68 bits per heavy atom. The number of hydrogen-bond acceptors (Lipinski definition) is 6. The summed E-state index contributed by atoms with van der Waals surface area (Å²) in [5.74, 6) is -0.331. The molecule has 1 N–H and O–H groups in total. The number of benzene rings is 4. The van der Waals surface area contributed by atoms with E-state index in [2.05, 4.69) is 57.4 Å². The van der Waals surface area contributed by atoms with E-state index in [-0.39, 0.29) is 23.9 Å². The summed E-state index contributed by atoms with van der Waals surface area (Å²) >= 11 is 0. The van der Waals surface area contributed by atoms with Crippen LogP contribution in [0, 0.1) is 0 Å². The SMILES string of the molecule is CCOC(=O)c1ccc2c(c1)=CN(c1ccc(CN3CCC(n4c(=O)[nH]c5ccccc54)CC3)cc1)C(c1ccccc1)N=2. The Morgan fingerprint density at radius 1 is 0.932 bits per heavy atom. The van der Waals surface area contributed by atoms with Crippen molar-refractivity contribution in [2.45, 2.75) is 38.5 Å². The molecule has 1 fully saturated rings. The molecule has 1 aromatic heterocycles. The van der Waals surface area contributed by atoms with Gasteiger partial charge in [-0.3, -0.25) is 14.5 Å². The van der Waals surface area contributed by atoms with Crippen molar-refractivity contribution in [2.24, 2.45) is 4.99 Å². The average Bonchev–Trinajstić information content (AvgIpc) is 3.40.